The fourth-order valence-electron chi connectivity index (χ4n) is 2.19. The molecule has 6 nitrogen and oxygen atoms in total. The number of esters is 1. The lowest BCUT2D eigenvalue weighted by molar-refractivity contribution is -0.141. The van der Waals surface area contributed by atoms with E-state index in [0.717, 1.165) is 19.3 Å². The topological polar surface area (TPSA) is 78.9 Å². The van der Waals surface area contributed by atoms with E-state index in [-0.39, 0.29) is 25.2 Å². The molecule has 2 N–H and O–H groups in total. The summed E-state index contributed by atoms with van der Waals surface area (Å²) in [5.41, 5.74) is 0. The van der Waals surface area contributed by atoms with E-state index in [2.05, 4.69) is 5.32 Å². The smallest absolute Gasteiger partial charge is 0.325 e. The van der Waals surface area contributed by atoms with Gasteiger partial charge in [0.05, 0.1) is 6.61 Å². The average Bonchev–Trinajstić information content (AvgIpc) is 2.82. The Morgan fingerprint density at radius 1 is 1.50 bits per heavy atom. The highest BCUT2D eigenvalue weighted by Gasteiger charge is 2.28. The molecule has 6 heteroatoms. The first-order valence-corrected chi connectivity index (χ1v) is 6.50. The minimum absolute atomic E-state index is 0.0874. The van der Waals surface area contributed by atoms with Gasteiger partial charge in [-0.3, -0.25) is 4.79 Å². The number of urea groups is 1. The number of likely N-dealkylation sites (tertiary alicyclic amines) is 1. The lowest BCUT2D eigenvalue weighted by atomic mass is 10.1. The van der Waals surface area contributed by atoms with Crippen LogP contribution in [0.4, 0.5) is 4.79 Å². The fourth-order valence-corrected chi connectivity index (χ4v) is 2.19. The molecule has 1 saturated heterocycles. The van der Waals surface area contributed by atoms with Gasteiger partial charge in [0.1, 0.15) is 6.54 Å². The summed E-state index contributed by atoms with van der Waals surface area (Å²) in [5.74, 6) is -0.419. The molecule has 1 fully saturated rings. The van der Waals surface area contributed by atoms with Crippen molar-refractivity contribution >= 4 is 12.0 Å². The normalized spacial score (nSPS) is 18.8. The lowest BCUT2D eigenvalue weighted by Crippen LogP contribution is -2.44. The number of rotatable bonds is 6. The number of aliphatic hydroxyl groups excluding tert-OH is 1. The molecule has 0 aliphatic carbocycles. The van der Waals surface area contributed by atoms with E-state index in [9.17, 15) is 9.59 Å². The van der Waals surface area contributed by atoms with Crippen LogP contribution < -0.4 is 5.32 Å². The molecule has 0 aromatic rings. The summed E-state index contributed by atoms with van der Waals surface area (Å²) in [4.78, 5) is 24.7. The number of hydrogen-bond acceptors (Lipinski definition) is 4. The SMILES string of the molecule is CCOC(=O)CNC(=O)N1CCCC1CCCO. The van der Waals surface area contributed by atoms with Crippen molar-refractivity contribution in [3.8, 4) is 0 Å². The first-order chi connectivity index (χ1) is 8.69. The summed E-state index contributed by atoms with van der Waals surface area (Å²) in [6.45, 7) is 2.82. The zero-order valence-corrected chi connectivity index (χ0v) is 10.9. The first-order valence-electron chi connectivity index (χ1n) is 6.50. The molecule has 1 aliphatic rings. The number of hydrogen-bond donors (Lipinski definition) is 2. The minimum Gasteiger partial charge on any atom is -0.465 e. The largest absolute Gasteiger partial charge is 0.465 e. The monoisotopic (exact) mass is 258 g/mol. The van der Waals surface area contributed by atoms with Crippen molar-refractivity contribution in [1.29, 1.82) is 0 Å². The third kappa shape index (κ3) is 4.52. The van der Waals surface area contributed by atoms with Crippen molar-refractivity contribution in [2.24, 2.45) is 0 Å². The molecule has 1 atom stereocenters. The predicted molar refractivity (Wildman–Crippen MR) is 66.1 cm³/mol. The van der Waals surface area contributed by atoms with E-state index < -0.39 is 5.97 Å². The fraction of sp³-hybridized carbons (Fsp3) is 0.833. The molecule has 0 aromatic heterocycles. The van der Waals surface area contributed by atoms with Crippen LogP contribution in [-0.4, -0.2) is 54.4 Å². The number of nitrogens with one attached hydrogen (secondary N) is 1. The van der Waals surface area contributed by atoms with Crippen molar-refractivity contribution in [1.82, 2.24) is 10.2 Å². The maximum Gasteiger partial charge on any atom is 0.325 e. The van der Waals surface area contributed by atoms with Gasteiger partial charge in [0.2, 0.25) is 0 Å². The average molecular weight is 258 g/mol. The lowest BCUT2D eigenvalue weighted by Gasteiger charge is -2.24. The number of nitrogens with zero attached hydrogens (tertiary/aromatic N) is 1. The molecule has 1 aliphatic heterocycles. The summed E-state index contributed by atoms with van der Waals surface area (Å²) < 4.78 is 4.74. The van der Waals surface area contributed by atoms with Crippen LogP contribution in [0, 0.1) is 0 Å². The van der Waals surface area contributed by atoms with Crippen LogP contribution in [0.15, 0.2) is 0 Å². The van der Waals surface area contributed by atoms with Gasteiger partial charge in [0, 0.05) is 19.2 Å². The van der Waals surface area contributed by atoms with Crippen LogP contribution in [0.25, 0.3) is 0 Å². The number of carbonyl (C=O) groups is 2. The first kappa shape index (κ1) is 14.8. The molecular weight excluding hydrogens is 236 g/mol. The van der Waals surface area contributed by atoms with Gasteiger partial charge >= 0.3 is 12.0 Å². The Labute approximate surface area is 107 Å². The summed E-state index contributed by atoms with van der Waals surface area (Å²) in [6.07, 6.45) is 3.45. The maximum absolute atomic E-state index is 11.9. The van der Waals surface area contributed by atoms with E-state index in [0.29, 0.717) is 19.6 Å². The second-order valence-electron chi connectivity index (χ2n) is 4.32. The van der Waals surface area contributed by atoms with Crippen LogP contribution in [0.3, 0.4) is 0 Å². The van der Waals surface area contributed by atoms with Crippen LogP contribution in [0.5, 0.6) is 0 Å². The van der Waals surface area contributed by atoms with E-state index in [4.69, 9.17) is 9.84 Å². The van der Waals surface area contributed by atoms with Crippen molar-refractivity contribution in [2.75, 3.05) is 26.3 Å². The number of carbonyl (C=O) groups excluding carboxylic acids is 2. The second-order valence-corrected chi connectivity index (χ2v) is 4.32. The van der Waals surface area contributed by atoms with Crippen molar-refractivity contribution in [2.45, 2.75) is 38.6 Å². The van der Waals surface area contributed by atoms with Gasteiger partial charge in [-0.25, -0.2) is 4.79 Å². The number of ether oxygens (including phenoxy) is 1. The highest BCUT2D eigenvalue weighted by Crippen LogP contribution is 2.20. The van der Waals surface area contributed by atoms with Crippen LogP contribution >= 0.6 is 0 Å². The molecule has 0 radical (unpaired) electrons. The van der Waals surface area contributed by atoms with Crippen LogP contribution in [-0.2, 0) is 9.53 Å². The van der Waals surface area contributed by atoms with Crippen molar-refractivity contribution in [3.63, 3.8) is 0 Å². The molecule has 18 heavy (non-hydrogen) atoms. The molecule has 1 heterocycles. The Hall–Kier alpha value is -1.30. The molecule has 0 spiro atoms. The number of amides is 2. The van der Waals surface area contributed by atoms with Crippen LogP contribution in [0.2, 0.25) is 0 Å². The second kappa shape index (κ2) is 7.92. The quantitative estimate of drug-likeness (QED) is 0.680. The molecule has 1 rings (SSSR count). The standard InChI is InChI=1S/C12H22N2O4/c1-2-18-11(16)9-13-12(17)14-7-3-5-10(14)6-4-8-15/h10,15H,2-9H2,1H3,(H,13,17). The Morgan fingerprint density at radius 3 is 2.94 bits per heavy atom. The minimum atomic E-state index is -0.419. The van der Waals surface area contributed by atoms with Gasteiger partial charge in [0.15, 0.2) is 0 Å². The Balaban J connectivity index is 2.33. The molecule has 0 aromatic carbocycles. The summed E-state index contributed by atoms with van der Waals surface area (Å²) in [5, 5.41) is 11.4. The number of aliphatic hydroxyl groups is 1. The van der Waals surface area contributed by atoms with Gasteiger partial charge in [-0.05, 0) is 32.6 Å². The third-order valence-corrected chi connectivity index (χ3v) is 3.02. The van der Waals surface area contributed by atoms with E-state index in [1.807, 2.05) is 0 Å². The maximum atomic E-state index is 11.9. The molecule has 0 bridgehead atoms. The van der Waals surface area contributed by atoms with Crippen LogP contribution in [0.1, 0.15) is 32.6 Å². The van der Waals surface area contributed by atoms with E-state index in [1.54, 1.807) is 11.8 Å². The zero-order valence-electron chi connectivity index (χ0n) is 10.9. The van der Waals surface area contributed by atoms with Crippen molar-refractivity contribution in [3.05, 3.63) is 0 Å². The van der Waals surface area contributed by atoms with E-state index >= 15 is 0 Å². The Morgan fingerprint density at radius 2 is 2.28 bits per heavy atom. The van der Waals surface area contributed by atoms with Crippen molar-refractivity contribution < 1.29 is 19.4 Å². The molecule has 104 valence electrons. The predicted octanol–water partition coefficient (Wildman–Crippen LogP) is 0.496. The summed E-state index contributed by atoms with van der Waals surface area (Å²) in [6, 6.07) is -0.0390. The molecule has 1 unspecified atom stereocenters. The molecule has 2 amide bonds. The van der Waals surface area contributed by atoms with Gasteiger partial charge < -0.3 is 20.1 Å². The van der Waals surface area contributed by atoms with Gasteiger partial charge in [-0.1, -0.05) is 0 Å². The molecular formula is C12H22N2O4. The Kier molecular flexibility index (Phi) is 6.49. The van der Waals surface area contributed by atoms with Gasteiger partial charge in [0.25, 0.3) is 0 Å². The zero-order chi connectivity index (χ0) is 13.4. The Bertz CT molecular complexity index is 283. The molecule has 0 saturated carbocycles. The van der Waals surface area contributed by atoms with E-state index in [1.165, 1.54) is 0 Å². The van der Waals surface area contributed by atoms with Gasteiger partial charge in [-0.2, -0.15) is 0 Å². The van der Waals surface area contributed by atoms with Gasteiger partial charge in [-0.15, -0.1) is 0 Å². The third-order valence-electron chi connectivity index (χ3n) is 3.02. The highest BCUT2D eigenvalue weighted by atomic mass is 16.5. The highest BCUT2D eigenvalue weighted by molar-refractivity contribution is 5.81. The summed E-state index contributed by atoms with van der Waals surface area (Å²) >= 11 is 0. The summed E-state index contributed by atoms with van der Waals surface area (Å²) in [7, 11) is 0.